The normalized spacial score (nSPS) is 11.3. The molecule has 3 aromatic rings. The van der Waals surface area contributed by atoms with Gasteiger partial charge in [-0.2, -0.15) is 0 Å². The fraction of sp³-hybridized carbons (Fsp3) is 0.231. The number of anilines is 2. The van der Waals surface area contributed by atoms with Crippen molar-refractivity contribution in [1.82, 2.24) is 0 Å². The van der Waals surface area contributed by atoms with E-state index in [2.05, 4.69) is 10.6 Å². The predicted octanol–water partition coefficient (Wildman–Crippen LogP) is 6.13. The standard InChI is InChI=1S/C26H27ClN2O5S/c1-5-24(26(31)29-18-10-12-21(32-2)20(27)15-18)35-19-8-6-7-17(14-19)28-25(30)16-9-11-22(33-3)23(13-16)34-4/h6-15,24H,5H2,1-4H3,(H,28,30)(H,29,31). The van der Waals surface area contributed by atoms with Crippen LogP contribution in [0.4, 0.5) is 11.4 Å². The minimum Gasteiger partial charge on any atom is -0.495 e. The third-order valence-corrected chi connectivity index (χ3v) is 6.75. The van der Waals surface area contributed by atoms with Gasteiger partial charge in [0.15, 0.2) is 11.5 Å². The first-order valence-electron chi connectivity index (χ1n) is 10.8. The van der Waals surface area contributed by atoms with E-state index in [0.29, 0.717) is 45.6 Å². The Kier molecular flexibility index (Phi) is 9.28. The maximum atomic E-state index is 12.9. The van der Waals surface area contributed by atoms with Crippen molar-refractivity contribution >= 4 is 46.6 Å². The SMILES string of the molecule is CCC(Sc1cccc(NC(=O)c2ccc(OC)c(OC)c2)c1)C(=O)Nc1ccc(OC)c(Cl)c1. The Bertz CT molecular complexity index is 1200. The molecule has 2 amide bonds. The number of nitrogens with one attached hydrogen (secondary N) is 2. The van der Waals surface area contributed by atoms with Gasteiger partial charge in [-0.1, -0.05) is 24.6 Å². The zero-order valence-corrected chi connectivity index (χ0v) is 21.5. The molecule has 0 saturated heterocycles. The molecule has 0 aliphatic carbocycles. The van der Waals surface area contributed by atoms with Crippen molar-refractivity contribution in [2.24, 2.45) is 0 Å². The average Bonchev–Trinajstić information content (AvgIpc) is 2.87. The molecule has 0 saturated carbocycles. The van der Waals surface area contributed by atoms with Gasteiger partial charge in [0.05, 0.1) is 31.6 Å². The highest BCUT2D eigenvalue weighted by Gasteiger charge is 2.19. The molecule has 184 valence electrons. The van der Waals surface area contributed by atoms with Crippen LogP contribution in [0.1, 0.15) is 23.7 Å². The Balaban J connectivity index is 1.67. The molecule has 0 spiro atoms. The molecule has 0 bridgehead atoms. The van der Waals surface area contributed by atoms with Gasteiger partial charge in [0, 0.05) is 21.8 Å². The van der Waals surface area contributed by atoms with Crippen molar-refractivity contribution in [3.63, 3.8) is 0 Å². The van der Waals surface area contributed by atoms with Crippen LogP contribution in [-0.4, -0.2) is 38.4 Å². The number of halogens is 1. The summed E-state index contributed by atoms with van der Waals surface area (Å²) in [6.07, 6.45) is 0.614. The Labute approximate surface area is 214 Å². The Morgan fingerprint density at radius 1 is 0.857 bits per heavy atom. The predicted molar refractivity (Wildman–Crippen MR) is 141 cm³/mol. The molecule has 7 nitrogen and oxygen atoms in total. The quantitative estimate of drug-likeness (QED) is 0.317. The summed E-state index contributed by atoms with van der Waals surface area (Å²) in [5.74, 6) is 1.13. The Hall–Kier alpha value is -3.36. The number of hydrogen-bond acceptors (Lipinski definition) is 6. The van der Waals surface area contributed by atoms with Gasteiger partial charge in [-0.05, 0) is 61.0 Å². The molecule has 0 aliphatic rings. The highest BCUT2D eigenvalue weighted by Crippen LogP contribution is 2.31. The number of amides is 2. The highest BCUT2D eigenvalue weighted by atomic mass is 35.5. The number of carbonyl (C=O) groups is 2. The van der Waals surface area contributed by atoms with Crippen LogP contribution in [0.15, 0.2) is 65.6 Å². The number of rotatable bonds is 10. The largest absolute Gasteiger partial charge is 0.495 e. The van der Waals surface area contributed by atoms with Crippen molar-refractivity contribution in [3.05, 3.63) is 71.2 Å². The summed E-state index contributed by atoms with van der Waals surface area (Å²) in [5, 5.41) is 5.87. The maximum Gasteiger partial charge on any atom is 0.255 e. The molecular weight excluding hydrogens is 488 g/mol. The minimum absolute atomic E-state index is 0.140. The number of hydrogen-bond donors (Lipinski definition) is 2. The smallest absolute Gasteiger partial charge is 0.255 e. The van der Waals surface area contributed by atoms with Gasteiger partial charge in [-0.3, -0.25) is 9.59 Å². The zero-order valence-electron chi connectivity index (χ0n) is 19.9. The van der Waals surface area contributed by atoms with Gasteiger partial charge in [0.25, 0.3) is 5.91 Å². The van der Waals surface area contributed by atoms with Crippen molar-refractivity contribution in [2.45, 2.75) is 23.5 Å². The molecule has 1 atom stereocenters. The van der Waals surface area contributed by atoms with Crippen molar-refractivity contribution in [1.29, 1.82) is 0 Å². The molecule has 3 rings (SSSR count). The van der Waals surface area contributed by atoms with Gasteiger partial charge in [-0.15, -0.1) is 11.8 Å². The lowest BCUT2D eigenvalue weighted by Crippen LogP contribution is -2.24. The lowest BCUT2D eigenvalue weighted by atomic mass is 10.2. The number of benzene rings is 3. The Morgan fingerprint density at radius 3 is 2.20 bits per heavy atom. The molecule has 0 heterocycles. The summed E-state index contributed by atoms with van der Waals surface area (Å²) in [4.78, 5) is 26.5. The van der Waals surface area contributed by atoms with E-state index in [0.717, 1.165) is 4.90 Å². The lowest BCUT2D eigenvalue weighted by Gasteiger charge is -2.16. The van der Waals surface area contributed by atoms with Gasteiger partial charge in [0.2, 0.25) is 5.91 Å². The number of ether oxygens (including phenoxy) is 3. The summed E-state index contributed by atoms with van der Waals surface area (Å²) in [5.41, 5.74) is 1.65. The van der Waals surface area contributed by atoms with Crippen LogP contribution in [0, 0.1) is 0 Å². The van der Waals surface area contributed by atoms with Crippen LogP contribution >= 0.6 is 23.4 Å². The molecule has 35 heavy (non-hydrogen) atoms. The van der Waals surface area contributed by atoms with E-state index >= 15 is 0 Å². The first kappa shape index (κ1) is 26.2. The fourth-order valence-electron chi connectivity index (χ4n) is 3.28. The number of carbonyl (C=O) groups excluding carboxylic acids is 2. The van der Waals surface area contributed by atoms with Crippen LogP contribution in [0.5, 0.6) is 17.2 Å². The van der Waals surface area contributed by atoms with E-state index in [4.69, 9.17) is 25.8 Å². The second-order valence-electron chi connectivity index (χ2n) is 7.41. The second kappa shape index (κ2) is 12.4. The van der Waals surface area contributed by atoms with Crippen LogP contribution in [0.3, 0.4) is 0 Å². The van der Waals surface area contributed by atoms with Crippen molar-refractivity contribution < 1.29 is 23.8 Å². The minimum atomic E-state index is -0.340. The van der Waals surface area contributed by atoms with Gasteiger partial charge in [-0.25, -0.2) is 0 Å². The summed E-state index contributed by atoms with van der Waals surface area (Å²) >= 11 is 7.58. The van der Waals surface area contributed by atoms with Gasteiger partial charge < -0.3 is 24.8 Å². The van der Waals surface area contributed by atoms with E-state index in [1.165, 1.54) is 33.1 Å². The number of thioether (sulfide) groups is 1. The van der Waals surface area contributed by atoms with Gasteiger partial charge in [0.1, 0.15) is 5.75 Å². The summed E-state index contributed by atoms with van der Waals surface area (Å²) in [6.45, 7) is 1.95. The molecule has 0 aromatic heterocycles. The zero-order chi connectivity index (χ0) is 25.4. The first-order chi connectivity index (χ1) is 16.9. The van der Waals surface area contributed by atoms with Crippen LogP contribution in [-0.2, 0) is 4.79 Å². The second-order valence-corrected chi connectivity index (χ2v) is 9.09. The molecular formula is C26H27ClN2O5S. The topological polar surface area (TPSA) is 85.9 Å². The van der Waals surface area contributed by atoms with Crippen LogP contribution in [0.25, 0.3) is 0 Å². The molecule has 0 radical (unpaired) electrons. The highest BCUT2D eigenvalue weighted by molar-refractivity contribution is 8.00. The van der Waals surface area contributed by atoms with E-state index < -0.39 is 0 Å². The van der Waals surface area contributed by atoms with E-state index in [-0.39, 0.29) is 17.1 Å². The molecule has 3 aromatic carbocycles. The monoisotopic (exact) mass is 514 g/mol. The summed E-state index contributed by atoms with van der Waals surface area (Å²) in [6, 6.07) is 17.4. The Morgan fingerprint density at radius 2 is 1.54 bits per heavy atom. The summed E-state index contributed by atoms with van der Waals surface area (Å²) in [7, 11) is 4.59. The fourth-order valence-corrected chi connectivity index (χ4v) is 4.55. The average molecular weight is 515 g/mol. The third-order valence-electron chi connectivity index (χ3n) is 5.10. The molecule has 1 unspecified atom stereocenters. The summed E-state index contributed by atoms with van der Waals surface area (Å²) < 4.78 is 15.6. The van der Waals surface area contributed by atoms with E-state index in [9.17, 15) is 9.59 Å². The lowest BCUT2D eigenvalue weighted by molar-refractivity contribution is -0.115. The third kappa shape index (κ3) is 6.83. The van der Waals surface area contributed by atoms with Crippen molar-refractivity contribution in [2.75, 3.05) is 32.0 Å². The molecule has 9 heteroatoms. The van der Waals surface area contributed by atoms with Crippen LogP contribution < -0.4 is 24.8 Å². The van der Waals surface area contributed by atoms with E-state index in [1.807, 2.05) is 25.1 Å². The maximum absolute atomic E-state index is 12.9. The molecule has 2 N–H and O–H groups in total. The van der Waals surface area contributed by atoms with Crippen molar-refractivity contribution in [3.8, 4) is 17.2 Å². The van der Waals surface area contributed by atoms with E-state index in [1.54, 1.807) is 42.5 Å². The van der Waals surface area contributed by atoms with Gasteiger partial charge >= 0.3 is 0 Å². The van der Waals surface area contributed by atoms with Crippen LogP contribution in [0.2, 0.25) is 5.02 Å². The molecule has 0 fully saturated rings. The number of methoxy groups -OCH3 is 3. The first-order valence-corrected chi connectivity index (χ1v) is 12.1. The molecule has 0 aliphatic heterocycles.